The Morgan fingerprint density at radius 1 is 1.19 bits per heavy atom. The van der Waals surface area contributed by atoms with Crippen LogP contribution in [0.2, 0.25) is 0 Å². The van der Waals surface area contributed by atoms with Crippen LogP contribution in [0.5, 0.6) is 11.6 Å². The normalized spacial score (nSPS) is 12.0. The van der Waals surface area contributed by atoms with Crippen molar-refractivity contribution >= 4 is 0 Å². The molecule has 0 saturated carbocycles. The van der Waals surface area contributed by atoms with E-state index in [1.807, 2.05) is 36.4 Å². The maximum atomic E-state index is 5.81. The van der Waals surface area contributed by atoms with Gasteiger partial charge in [0, 0.05) is 17.3 Å². The van der Waals surface area contributed by atoms with Crippen LogP contribution in [0, 0.1) is 0 Å². The summed E-state index contributed by atoms with van der Waals surface area (Å²) < 4.78 is 11.1. The lowest BCUT2D eigenvalue weighted by Gasteiger charge is -2.21. The van der Waals surface area contributed by atoms with Crippen LogP contribution in [0.4, 0.5) is 0 Å². The van der Waals surface area contributed by atoms with Gasteiger partial charge in [0.25, 0.3) is 0 Å². The molecule has 1 unspecified atom stereocenters. The maximum absolute atomic E-state index is 5.81. The third kappa shape index (κ3) is 3.51. The van der Waals surface area contributed by atoms with Gasteiger partial charge in [-0.15, -0.1) is 0 Å². The van der Waals surface area contributed by atoms with Crippen LogP contribution in [0.1, 0.15) is 30.5 Å². The van der Waals surface area contributed by atoms with E-state index >= 15 is 0 Å². The second-order valence-corrected chi connectivity index (χ2v) is 4.59. The van der Waals surface area contributed by atoms with Gasteiger partial charge in [-0.3, -0.25) is 5.84 Å². The lowest BCUT2D eigenvalue weighted by atomic mass is 9.99. The molecule has 0 amide bonds. The number of pyridine rings is 1. The summed E-state index contributed by atoms with van der Waals surface area (Å²) in [5.41, 5.74) is 4.65. The number of benzene rings is 1. The van der Waals surface area contributed by atoms with Gasteiger partial charge in [0.2, 0.25) is 5.88 Å². The number of nitrogens with one attached hydrogen (secondary N) is 1. The zero-order valence-electron chi connectivity index (χ0n) is 12.4. The molecule has 0 saturated heterocycles. The highest BCUT2D eigenvalue weighted by molar-refractivity contribution is 5.44. The summed E-state index contributed by atoms with van der Waals surface area (Å²) in [6.07, 6.45) is 2.64. The van der Waals surface area contributed by atoms with Gasteiger partial charge in [-0.1, -0.05) is 31.2 Å². The van der Waals surface area contributed by atoms with Crippen LogP contribution in [-0.4, -0.2) is 18.7 Å². The number of nitrogens with zero attached hydrogens (tertiary/aromatic N) is 1. The Morgan fingerprint density at radius 2 is 1.95 bits per heavy atom. The van der Waals surface area contributed by atoms with Crippen molar-refractivity contribution in [2.45, 2.75) is 19.4 Å². The summed E-state index contributed by atoms with van der Waals surface area (Å²) in [5.74, 6) is 7.13. The van der Waals surface area contributed by atoms with Crippen molar-refractivity contribution in [2.24, 2.45) is 5.84 Å². The zero-order chi connectivity index (χ0) is 15.1. The summed E-state index contributed by atoms with van der Waals surface area (Å²) in [6.45, 7) is 2.74. The van der Waals surface area contributed by atoms with Crippen molar-refractivity contribution in [3.8, 4) is 11.6 Å². The van der Waals surface area contributed by atoms with Gasteiger partial charge in [0.1, 0.15) is 5.75 Å². The highest BCUT2D eigenvalue weighted by atomic mass is 16.5. The third-order valence-corrected chi connectivity index (χ3v) is 3.16. The van der Waals surface area contributed by atoms with Crippen molar-refractivity contribution < 1.29 is 9.47 Å². The molecule has 21 heavy (non-hydrogen) atoms. The predicted octanol–water partition coefficient (Wildman–Crippen LogP) is 2.43. The molecule has 1 heterocycles. The molecule has 0 aliphatic carbocycles. The quantitative estimate of drug-likeness (QED) is 0.604. The van der Waals surface area contributed by atoms with Crippen LogP contribution in [-0.2, 0) is 0 Å². The van der Waals surface area contributed by atoms with Crippen LogP contribution in [0.15, 0.2) is 42.6 Å². The Balaban J connectivity index is 2.41. The minimum absolute atomic E-state index is 0.248. The van der Waals surface area contributed by atoms with E-state index in [0.29, 0.717) is 12.5 Å². The molecule has 5 heteroatoms. The summed E-state index contributed by atoms with van der Waals surface area (Å²) in [5, 5.41) is 0. The number of ether oxygens (including phenoxy) is 2. The van der Waals surface area contributed by atoms with Crippen LogP contribution in [0.25, 0.3) is 0 Å². The first-order chi connectivity index (χ1) is 10.3. The molecule has 2 rings (SSSR count). The number of hydrogen-bond donors (Lipinski definition) is 2. The number of methoxy groups -OCH3 is 1. The number of aromatic nitrogens is 1. The number of hydrogen-bond acceptors (Lipinski definition) is 5. The first-order valence-corrected chi connectivity index (χ1v) is 6.98. The monoisotopic (exact) mass is 287 g/mol. The summed E-state index contributed by atoms with van der Waals surface area (Å²) in [4.78, 5) is 4.22. The first kappa shape index (κ1) is 15.3. The van der Waals surface area contributed by atoms with E-state index in [1.54, 1.807) is 13.3 Å². The highest BCUT2D eigenvalue weighted by Crippen LogP contribution is 2.33. The standard InChI is InChI=1S/C16H21N3O2/c1-3-11-21-14-9-5-4-7-12(14)15(19-17)13-8-6-10-18-16(13)20-2/h4-10,15,19H,3,11,17H2,1-2H3. The Kier molecular flexibility index (Phi) is 5.54. The van der Waals surface area contributed by atoms with E-state index in [4.69, 9.17) is 15.3 Å². The number of rotatable bonds is 7. The van der Waals surface area contributed by atoms with E-state index in [2.05, 4.69) is 17.3 Å². The molecule has 5 nitrogen and oxygen atoms in total. The van der Waals surface area contributed by atoms with Gasteiger partial charge >= 0.3 is 0 Å². The molecule has 0 aliphatic rings. The fourth-order valence-electron chi connectivity index (χ4n) is 2.20. The van der Waals surface area contributed by atoms with E-state index in [9.17, 15) is 0 Å². The van der Waals surface area contributed by atoms with E-state index in [1.165, 1.54) is 0 Å². The summed E-state index contributed by atoms with van der Waals surface area (Å²) >= 11 is 0. The van der Waals surface area contributed by atoms with Gasteiger partial charge in [0.05, 0.1) is 19.8 Å². The SMILES string of the molecule is CCCOc1ccccc1C(NN)c1cccnc1OC. The molecule has 0 spiro atoms. The number of hydrazine groups is 1. The molecule has 1 atom stereocenters. The average molecular weight is 287 g/mol. The molecule has 0 aliphatic heterocycles. The van der Waals surface area contributed by atoms with Gasteiger partial charge in [0.15, 0.2) is 0 Å². The molecular weight excluding hydrogens is 266 g/mol. The summed E-state index contributed by atoms with van der Waals surface area (Å²) in [7, 11) is 1.60. The lowest BCUT2D eigenvalue weighted by molar-refractivity contribution is 0.311. The van der Waals surface area contributed by atoms with E-state index < -0.39 is 0 Å². The Labute approximate surface area is 125 Å². The minimum atomic E-state index is -0.248. The van der Waals surface area contributed by atoms with Gasteiger partial charge in [-0.05, 0) is 18.6 Å². The van der Waals surface area contributed by atoms with E-state index in [0.717, 1.165) is 23.3 Å². The zero-order valence-corrected chi connectivity index (χ0v) is 12.4. The Morgan fingerprint density at radius 3 is 2.67 bits per heavy atom. The van der Waals surface area contributed by atoms with Crippen molar-refractivity contribution in [2.75, 3.05) is 13.7 Å². The smallest absolute Gasteiger partial charge is 0.218 e. The minimum Gasteiger partial charge on any atom is -0.493 e. The number of nitrogens with two attached hydrogens (primary N) is 1. The molecule has 0 fully saturated rings. The fraction of sp³-hybridized carbons (Fsp3) is 0.312. The predicted molar refractivity (Wildman–Crippen MR) is 82.2 cm³/mol. The third-order valence-electron chi connectivity index (χ3n) is 3.16. The molecule has 1 aromatic heterocycles. The molecule has 0 radical (unpaired) electrons. The molecule has 3 N–H and O–H groups in total. The van der Waals surface area contributed by atoms with Gasteiger partial charge < -0.3 is 9.47 Å². The van der Waals surface area contributed by atoms with Crippen molar-refractivity contribution in [3.63, 3.8) is 0 Å². The number of para-hydroxylation sites is 1. The second kappa shape index (κ2) is 7.61. The van der Waals surface area contributed by atoms with Crippen molar-refractivity contribution in [1.29, 1.82) is 0 Å². The van der Waals surface area contributed by atoms with Crippen LogP contribution < -0.4 is 20.7 Å². The van der Waals surface area contributed by atoms with Gasteiger partial charge in [-0.25, -0.2) is 10.4 Å². The molecule has 2 aromatic rings. The first-order valence-electron chi connectivity index (χ1n) is 6.98. The largest absolute Gasteiger partial charge is 0.493 e. The second-order valence-electron chi connectivity index (χ2n) is 4.59. The van der Waals surface area contributed by atoms with Crippen LogP contribution in [0.3, 0.4) is 0 Å². The van der Waals surface area contributed by atoms with Crippen LogP contribution >= 0.6 is 0 Å². The van der Waals surface area contributed by atoms with Crippen molar-refractivity contribution in [1.82, 2.24) is 10.4 Å². The average Bonchev–Trinajstić information content (AvgIpc) is 2.55. The molecular formula is C16H21N3O2. The molecule has 0 bridgehead atoms. The van der Waals surface area contributed by atoms with Gasteiger partial charge in [-0.2, -0.15) is 0 Å². The lowest BCUT2D eigenvalue weighted by Crippen LogP contribution is -2.29. The topological polar surface area (TPSA) is 69.4 Å². The molecule has 112 valence electrons. The van der Waals surface area contributed by atoms with E-state index in [-0.39, 0.29) is 6.04 Å². The fourth-order valence-corrected chi connectivity index (χ4v) is 2.20. The maximum Gasteiger partial charge on any atom is 0.218 e. The Bertz CT molecular complexity index is 575. The Hall–Kier alpha value is -2.11. The highest BCUT2D eigenvalue weighted by Gasteiger charge is 2.20. The van der Waals surface area contributed by atoms with Crippen molar-refractivity contribution in [3.05, 3.63) is 53.7 Å². The molecule has 1 aromatic carbocycles. The summed E-state index contributed by atoms with van der Waals surface area (Å²) in [6, 6.07) is 11.4.